The molecule has 2 aliphatic rings. The highest BCUT2D eigenvalue weighted by Crippen LogP contribution is 2.22. The molecule has 1 aromatic heterocycles. The lowest BCUT2D eigenvalue weighted by atomic mass is 9.95. The van der Waals surface area contributed by atoms with Crippen molar-refractivity contribution in [3.8, 4) is 0 Å². The second-order valence-corrected chi connectivity index (χ2v) is 8.58. The Hall–Kier alpha value is -1.95. The summed E-state index contributed by atoms with van der Waals surface area (Å²) in [4.78, 5) is 4.92. The molecule has 2 saturated heterocycles. The van der Waals surface area contributed by atoms with Gasteiger partial charge in [-0.15, -0.1) is 0 Å². The van der Waals surface area contributed by atoms with E-state index in [-0.39, 0.29) is 5.82 Å². The molecular weight excluding hydrogens is 379 g/mol. The molecule has 0 bridgehead atoms. The first kappa shape index (κ1) is 21.3. The van der Waals surface area contributed by atoms with Gasteiger partial charge in [-0.25, -0.2) is 4.39 Å². The molecule has 162 valence electrons. The first-order valence-corrected chi connectivity index (χ1v) is 11.3. The van der Waals surface area contributed by atoms with E-state index in [1.54, 1.807) is 18.4 Å². The molecule has 5 heteroatoms. The fourth-order valence-corrected chi connectivity index (χ4v) is 4.56. The fraction of sp³-hybridized carbons (Fsp3) is 0.520. The minimum Gasteiger partial charge on any atom is -0.465 e. The van der Waals surface area contributed by atoms with E-state index in [1.165, 1.54) is 25.7 Å². The van der Waals surface area contributed by atoms with E-state index in [2.05, 4.69) is 22.0 Å². The SMILES string of the molecule is Fc1ccccc1CN1CCC(CN(C/C=C/c2ccco2)C[C@H]2CCCO2)CC1. The maximum Gasteiger partial charge on any atom is 0.127 e. The van der Waals surface area contributed by atoms with Crippen molar-refractivity contribution < 1.29 is 13.5 Å². The summed E-state index contributed by atoms with van der Waals surface area (Å²) < 4.78 is 25.2. The zero-order valence-electron chi connectivity index (χ0n) is 17.7. The number of likely N-dealkylation sites (tertiary alicyclic amines) is 1. The largest absolute Gasteiger partial charge is 0.465 e. The van der Waals surface area contributed by atoms with Crippen molar-refractivity contribution in [3.05, 3.63) is 65.9 Å². The van der Waals surface area contributed by atoms with Crippen LogP contribution in [0, 0.1) is 11.7 Å². The minimum absolute atomic E-state index is 0.0919. The Bertz CT molecular complexity index is 778. The van der Waals surface area contributed by atoms with Crippen molar-refractivity contribution in [2.75, 3.05) is 39.3 Å². The summed E-state index contributed by atoms with van der Waals surface area (Å²) in [6, 6.07) is 11.0. The summed E-state index contributed by atoms with van der Waals surface area (Å²) in [7, 11) is 0. The Morgan fingerprint density at radius 3 is 2.67 bits per heavy atom. The van der Waals surface area contributed by atoms with Gasteiger partial charge in [0.05, 0.1) is 12.4 Å². The lowest BCUT2D eigenvalue weighted by molar-refractivity contribution is 0.0645. The number of hydrogen-bond donors (Lipinski definition) is 0. The van der Waals surface area contributed by atoms with Crippen molar-refractivity contribution >= 4 is 6.08 Å². The Balaban J connectivity index is 1.27. The van der Waals surface area contributed by atoms with Crippen LogP contribution >= 0.6 is 0 Å². The van der Waals surface area contributed by atoms with Crippen LogP contribution in [0.5, 0.6) is 0 Å². The smallest absolute Gasteiger partial charge is 0.127 e. The summed E-state index contributed by atoms with van der Waals surface area (Å²) in [5.41, 5.74) is 0.805. The van der Waals surface area contributed by atoms with Gasteiger partial charge in [0.1, 0.15) is 11.6 Å². The van der Waals surface area contributed by atoms with Crippen molar-refractivity contribution in [1.29, 1.82) is 0 Å². The number of piperidine rings is 1. The molecule has 0 radical (unpaired) electrons. The maximum absolute atomic E-state index is 13.9. The Labute approximate surface area is 179 Å². The van der Waals surface area contributed by atoms with Gasteiger partial charge >= 0.3 is 0 Å². The van der Waals surface area contributed by atoms with Crippen LogP contribution in [-0.4, -0.2) is 55.2 Å². The van der Waals surface area contributed by atoms with E-state index < -0.39 is 0 Å². The lowest BCUT2D eigenvalue weighted by Gasteiger charge is -2.35. The van der Waals surface area contributed by atoms with E-state index >= 15 is 0 Å². The number of halogens is 1. The Morgan fingerprint density at radius 2 is 1.93 bits per heavy atom. The Morgan fingerprint density at radius 1 is 1.07 bits per heavy atom. The molecule has 3 heterocycles. The van der Waals surface area contributed by atoms with Crippen LogP contribution < -0.4 is 0 Å². The number of ether oxygens (including phenoxy) is 1. The highest BCUT2D eigenvalue weighted by atomic mass is 19.1. The molecule has 2 aromatic rings. The molecule has 2 fully saturated rings. The number of benzene rings is 1. The van der Waals surface area contributed by atoms with E-state index in [0.717, 1.165) is 50.7 Å². The summed E-state index contributed by atoms with van der Waals surface area (Å²) in [5.74, 6) is 1.49. The van der Waals surface area contributed by atoms with Crippen LogP contribution in [0.1, 0.15) is 37.0 Å². The molecule has 0 unspecified atom stereocenters. The van der Waals surface area contributed by atoms with E-state index in [0.29, 0.717) is 18.6 Å². The van der Waals surface area contributed by atoms with Crippen LogP contribution in [0.15, 0.2) is 53.2 Å². The highest BCUT2D eigenvalue weighted by Gasteiger charge is 2.24. The van der Waals surface area contributed by atoms with Crippen molar-refractivity contribution in [3.63, 3.8) is 0 Å². The fourth-order valence-electron chi connectivity index (χ4n) is 4.56. The predicted molar refractivity (Wildman–Crippen MR) is 118 cm³/mol. The van der Waals surface area contributed by atoms with Gasteiger partial charge in [0.2, 0.25) is 0 Å². The van der Waals surface area contributed by atoms with Gasteiger partial charge in [0.15, 0.2) is 0 Å². The molecular formula is C25H33FN2O2. The molecule has 0 spiro atoms. The third kappa shape index (κ3) is 6.27. The van der Waals surface area contributed by atoms with Gasteiger partial charge in [-0.05, 0) is 69.0 Å². The molecule has 0 aliphatic carbocycles. The first-order valence-electron chi connectivity index (χ1n) is 11.3. The van der Waals surface area contributed by atoms with E-state index in [4.69, 9.17) is 9.15 Å². The van der Waals surface area contributed by atoms with Gasteiger partial charge in [-0.2, -0.15) is 0 Å². The predicted octanol–water partition coefficient (Wildman–Crippen LogP) is 4.83. The first-order chi connectivity index (χ1) is 14.8. The second-order valence-electron chi connectivity index (χ2n) is 8.58. The second kappa shape index (κ2) is 10.9. The molecule has 0 amide bonds. The van der Waals surface area contributed by atoms with Gasteiger partial charge in [0.25, 0.3) is 0 Å². The average molecular weight is 413 g/mol. The molecule has 4 nitrogen and oxygen atoms in total. The number of rotatable bonds is 9. The van der Waals surface area contributed by atoms with Gasteiger partial charge in [-0.3, -0.25) is 9.80 Å². The summed E-state index contributed by atoms with van der Waals surface area (Å²) in [6.45, 7) is 6.69. The molecule has 4 rings (SSSR count). The monoisotopic (exact) mass is 412 g/mol. The summed E-state index contributed by atoms with van der Waals surface area (Å²) >= 11 is 0. The topological polar surface area (TPSA) is 28.9 Å². The maximum atomic E-state index is 13.9. The summed E-state index contributed by atoms with van der Waals surface area (Å²) in [5, 5.41) is 0. The minimum atomic E-state index is -0.0919. The summed E-state index contributed by atoms with van der Waals surface area (Å²) in [6.07, 6.45) is 11.0. The number of hydrogen-bond acceptors (Lipinski definition) is 4. The van der Waals surface area contributed by atoms with E-state index in [1.807, 2.05) is 24.3 Å². The van der Waals surface area contributed by atoms with Gasteiger partial charge < -0.3 is 9.15 Å². The van der Waals surface area contributed by atoms with Crippen LogP contribution in [0.25, 0.3) is 6.08 Å². The van der Waals surface area contributed by atoms with E-state index in [9.17, 15) is 4.39 Å². The van der Waals surface area contributed by atoms with Crippen LogP contribution in [-0.2, 0) is 11.3 Å². The van der Waals surface area contributed by atoms with Crippen LogP contribution in [0.4, 0.5) is 4.39 Å². The zero-order chi connectivity index (χ0) is 20.6. The molecule has 1 atom stereocenters. The molecule has 2 aliphatic heterocycles. The lowest BCUT2D eigenvalue weighted by Crippen LogP contribution is -2.41. The molecule has 30 heavy (non-hydrogen) atoms. The van der Waals surface area contributed by atoms with Gasteiger partial charge in [-0.1, -0.05) is 24.3 Å². The van der Waals surface area contributed by atoms with Crippen LogP contribution in [0.3, 0.4) is 0 Å². The third-order valence-electron chi connectivity index (χ3n) is 6.25. The number of furan rings is 1. The van der Waals surface area contributed by atoms with Crippen LogP contribution in [0.2, 0.25) is 0 Å². The van der Waals surface area contributed by atoms with Crippen molar-refractivity contribution in [1.82, 2.24) is 9.80 Å². The quantitative estimate of drug-likeness (QED) is 0.590. The zero-order valence-corrected chi connectivity index (χ0v) is 17.7. The molecule has 0 N–H and O–H groups in total. The molecule has 0 saturated carbocycles. The number of nitrogens with zero attached hydrogens (tertiary/aromatic N) is 2. The Kier molecular flexibility index (Phi) is 7.73. The molecule has 1 aromatic carbocycles. The van der Waals surface area contributed by atoms with Crippen molar-refractivity contribution in [2.24, 2.45) is 5.92 Å². The average Bonchev–Trinajstić information content (AvgIpc) is 3.45. The van der Waals surface area contributed by atoms with Crippen molar-refractivity contribution in [2.45, 2.75) is 38.3 Å². The highest BCUT2D eigenvalue weighted by molar-refractivity contribution is 5.42. The normalized spacial score (nSPS) is 21.2. The van der Waals surface area contributed by atoms with Gasteiger partial charge in [0, 0.05) is 38.3 Å². The third-order valence-corrected chi connectivity index (χ3v) is 6.25. The standard InChI is InChI=1S/C25H33FN2O2/c26-25-10-2-1-6-22(25)19-27-14-11-21(12-15-27)18-28(20-24-9-5-17-30-24)13-3-7-23-8-4-16-29-23/h1-4,6-8,10,16,21,24H,5,9,11-15,17-20H2/b7-3+/t24-/m1/s1.